The quantitative estimate of drug-likeness (QED) is 0.748. The minimum absolute atomic E-state index is 0.573. The fourth-order valence-corrected chi connectivity index (χ4v) is 1.89. The molecule has 0 radical (unpaired) electrons. The molecule has 0 spiro atoms. The number of rotatable bonds is 6. The molecule has 1 fully saturated rings. The van der Waals surface area contributed by atoms with Gasteiger partial charge in [0.05, 0.1) is 11.1 Å². The highest BCUT2D eigenvalue weighted by Gasteiger charge is 2.22. The third kappa shape index (κ3) is 3.34. The largest absolute Gasteiger partial charge is 0.492 e. The van der Waals surface area contributed by atoms with Gasteiger partial charge in [-0.2, -0.15) is 0 Å². The van der Waals surface area contributed by atoms with Crippen molar-refractivity contribution in [2.24, 2.45) is 5.92 Å². The molecule has 0 N–H and O–H groups in total. The predicted molar refractivity (Wildman–Crippen MR) is 66.7 cm³/mol. The average molecular weight is 283 g/mol. The molecule has 1 aliphatic carbocycles. The molecule has 86 valence electrons. The van der Waals surface area contributed by atoms with Crippen molar-refractivity contribution in [2.75, 3.05) is 6.61 Å². The Labute approximate surface area is 104 Å². The molecule has 0 aliphatic heterocycles. The molecule has 0 bridgehead atoms. The van der Waals surface area contributed by atoms with E-state index in [1.165, 1.54) is 12.8 Å². The molecule has 1 aromatic rings. The Balaban J connectivity index is 1.99. The Kier molecular flexibility index (Phi) is 3.99. The molecular formula is C13H15BrO2. The highest BCUT2D eigenvalue weighted by Crippen LogP contribution is 2.32. The van der Waals surface area contributed by atoms with Gasteiger partial charge in [0.25, 0.3) is 0 Å². The zero-order valence-electron chi connectivity index (χ0n) is 9.12. The van der Waals surface area contributed by atoms with E-state index in [9.17, 15) is 4.79 Å². The Morgan fingerprint density at radius 2 is 2.25 bits per heavy atom. The first kappa shape index (κ1) is 11.6. The molecule has 3 heteroatoms. The summed E-state index contributed by atoms with van der Waals surface area (Å²) >= 11 is 3.47. The molecule has 1 aromatic carbocycles. The number of aldehydes is 1. The Morgan fingerprint density at radius 1 is 1.44 bits per heavy atom. The van der Waals surface area contributed by atoms with Gasteiger partial charge in [-0.25, -0.2) is 0 Å². The number of aryl methyl sites for hydroxylation is 1. The molecule has 0 heterocycles. The van der Waals surface area contributed by atoms with Gasteiger partial charge in [0.1, 0.15) is 12.0 Å². The summed E-state index contributed by atoms with van der Waals surface area (Å²) in [5.74, 6) is 1.65. The number of hydrogen-bond acceptors (Lipinski definition) is 2. The zero-order valence-corrected chi connectivity index (χ0v) is 10.7. The smallest absolute Gasteiger partial charge is 0.133 e. The van der Waals surface area contributed by atoms with Gasteiger partial charge in [-0.1, -0.05) is 6.07 Å². The maximum absolute atomic E-state index is 10.3. The third-order valence-corrected chi connectivity index (χ3v) is 3.37. The van der Waals surface area contributed by atoms with Crippen LogP contribution >= 0.6 is 15.9 Å². The second-order valence-electron chi connectivity index (χ2n) is 4.22. The van der Waals surface area contributed by atoms with Crippen LogP contribution in [0.3, 0.4) is 0 Å². The van der Waals surface area contributed by atoms with E-state index >= 15 is 0 Å². The van der Waals surface area contributed by atoms with Crippen LogP contribution in [0.2, 0.25) is 0 Å². The summed E-state index contributed by atoms with van der Waals surface area (Å²) < 4.78 is 6.74. The first-order valence-electron chi connectivity index (χ1n) is 5.64. The molecule has 1 aliphatic rings. The van der Waals surface area contributed by atoms with Crippen LogP contribution in [0, 0.1) is 5.92 Å². The number of carbonyl (C=O) groups is 1. The van der Waals surface area contributed by atoms with E-state index in [0.29, 0.717) is 6.42 Å². The molecule has 16 heavy (non-hydrogen) atoms. The molecule has 0 saturated heterocycles. The van der Waals surface area contributed by atoms with E-state index in [1.807, 2.05) is 18.2 Å². The van der Waals surface area contributed by atoms with Crippen molar-refractivity contribution in [3.8, 4) is 5.75 Å². The number of carbonyl (C=O) groups excluding carboxylic acids is 1. The minimum Gasteiger partial charge on any atom is -0.492 e. The molecule has 0 amide bonds. The standard InChI is InChI=1S/C13H15BrO2/c14-12-6-5-10(2-1-7-15)8-13(12)16-9-11-3-4-11/h5-8,11H,1-4,9H2. The number of ether oxygens (including phenoxy) is 1. The van der Waals surface area contributed by atoms with Crippen molar-refractivity contribution in [2.45, 2.75) is 25.7 Å². The van der Waals surface area contributed by atoms with Gasteiger partial charge < -0.3 is 9.53 Å². The normalized spacial score (nSPS) is 14.8. The first-order chi connectivity index (χ1) is 7.79. The van der Waals surface area contributed by atoms with E-state index in [4.69, 9.17) is 4.74 Å². The second-order valence-corrected chi connectivity index (χ2v) is 5.08. The summed E-state index contributed by atoms with van der Waals surface area (Å²) in [7, 11) is 0. The van der Waals surface area contributed by atoms with Crippen molar-refractivity contribution in [1.29, 1.82) is 0 Å². The second kappa shape index (κ2) is 5.48. The lowest BCUT2D eigenvalue weighted by Gasteiger charge is -2.09. The summed E-state index contributed by atoms with van der Waals surface area (Å²) in [4.78, 5) is 10.3. The monoisotopic (exact) mass is 282 g/mol. The average Bonchev–Trinajstić information content (AvgIpc) is 3.10. The Hall–Kier alpha value is -0.830. The van der Waals surface area contributed by atoms with Gasteiger partial charge in [0.15, 0.2) is 0 Å². The fraction of sp³-hybridized carbons (Fsp3) is 0.462. The van der Waals surface area contributed by atoms with E-state index < -0.39 is 0 Å². The van der Waals surface area contributed by atoms with Crippen molar-refractivity contribution < 1.29 is 9.53 Å². The van der Waals surface area contributed by atoms with E-state index in [1.54, 1.807) is 0 Å². The van der Waals surface area contributed by atoms with Crippen LogP contribution in [0.15, 0.2) is 22.7 Å². The van der Waals surface area contributed by atoms with Crippen LogP contribution in [0.25, 0.3) is 0 Å². The van der Waals surface area contributed by atoms with Crippen LogP contribution in [-0.2, 0) is 11.2 Å². The Morgan fingerprint density at radius 3 is 2.94 bits per heavy atom. The van der Waals surface area contributed by atoms with Gasteiger partial charge in [-0.15, -0.1) is 0 Å². The van der Waals surface area contributed by atoms with Gasteiger partial charge in [0, 0.05) is 6.42 Å². The lowest BCUT2D eigenvalue weighted by Crippen LogP contribution is -2.00. The number of halogens is 1. The summed E-state index contributed by atoms with van der Waals surface area (Å²) in [5, 5.41) is 0. The topological polar surface area (TPSA) is 26.3 Å². The van der Waals surface area contributed by atoms with Gasteiger partial charge >= 0.3 is 0 Å². The lowest BCUT2D eigenvalue weighted by molar-refractivity contribution is -0.107. The number of benzene rings is 1. The zero-order chi connectivity index (χ0) is 11.4. The Bertz CT molecular complexity index is 372. The van der Waals surface area contributed by atoms with E-state index in [0.717, 1.165) is 41.0 Å². The lowest BCUT2D eigenvalue weighted by atomic mass is 10.1. The summed E-state index contributed by atoms with van der Waals surface area (Å²) in [6.07, 6.45) is 4.90. The summed E-state index contributed by atoms with van der Waals surface area (Å²) in [6.45, 7) is 0.815. The van der Waals surface area contributed by atoms with Gasteiger partial charge in [-0.05, 0) is 58.8 Å². The summed E-state index contributed by atoms with van der Waals surface area (Å²) in [5.41, 5.74) is 1.15. The van der Waals surface area contributed by atoms with Crippen LogP contribution in [0.1, 0.15) is 24.8 Å². The van der Waals surface area contributed by atoms with Gasteiger partial charge in [0.2, 0.25) is 0 Å². The first-order valence-corrected chi connectivity index (χ1v) is 6.44. The molecule has 2 rings (SSSR count). The molecule has 0 atom stereocenters. The predicted octanol–water partition coefficient (Wildman–Crippen LogP) is 3.37. The van der Waals surface area contributed by atoms with Crippen LogP contribution in [0.4, 0.5) is 0 Å². The molecule has 0 unspecified atom stereocenters. The van der Waals surface area contributed by atoms with Crippen molar-refractivity contribution in [3.63, 3.8) is 0 Å². The SMILES string of the molecule is O=CCCc1ccc(Br)c(OCC2CC2)c1. The highest BCUT2D eigenvalue weighted by molar-refractivity contribution is 9.10. The molecule has 1 saturated carbocycles. The fourth-order valence-electron chi connectivity index (χ4n) is 1.53. The van der Waals surface area contributed by atoms with Gasteiger partial charge in [-0.3, -0.25) is 0 Å². The van der Waals surface area contributed by atoms with Crippen molar-refractivity contribution in [3.05, 3.63) is 28.2 Å². The highest BCUT2D eigenvalue weighted by atomic mass is 79.9. The minimum atomic E-state index is 0.573. The van der Waals surface area contributed by atoms with Crippen molar-refractivity contribution >= 4 is 22.2 Å². The van der Waals surface area contributed by atoms with Crippen LogP contribution in [-0.4, -0.2) is 12.9 Å². The molecule has 0 aromatic heterocycles. The van der Waals surface area contributed by atoms with Crippen molar-refractivity contribution in [1.82, 2.24) is 0 Å². The van der Waals surface area contributed by atoms with Crippen LogP contribution < -0.4 is 4.74 Å². The van der Waals surface area contributed by atoms with E-state index in [2.05, 4.69) is 15.9 Å². The third-order valence-electron chi connectivity index (χ3n) is 2.72. The molecular weight excluding hydrogens is 268 g/mol. The molecule has 2 nitrogen and oxygen atoms in total. The van der Waals surface area contributed by atoms with E-state index in [-0.39, 0.29) is 0 Å². The number of hydrogen-bond donors (Lipinski definition) is 0. The maximum atomic E-state index is 10.3. The maximum Gasteiger partial charge on any atom is 0.133 e. The van der Waals surface area contributed by atoms with Crippen LogP contribution in [0.5, 0.6) is 5.75 Å². The summed E-state index contributed by atoms with van der Waals surface area (Å²) in [6, 6.07) is 6.04.